The summed E-state index contributed by atoms with van der Waals surface area (Å²) >= 11 is 0. The quantitative estimate of drug-likeness (QED) is 0.699. The Bertz CT molecular complexity index is 1020. The number of primary amides is 1. The molecule has 6 heteroatoms. The number of carbonyl (C=O) groups excluding carboxylic acids is 2. The first-order valence-electron chi connectivity index (χ1n) is 9.80. The van der Waals surface area contributed by atoms with E-state index in [1.165, 1.54) is 0 Å². The van der Waals surface area contributed by atoms with Crippen LogP contribution in [0.2, 0.25) is 0 Å². The highest BCUT2D eigenvalue weighted by atomic mass is 16.5. The maximum Gasteiger partial charge on any atom is 0.251 e. The third-order valence-corrected chi connectivity index (χ3v) is 5.32. The zero-order valence-electron chi connectivity index (χ0n) is 16.0. The maximum atomic E-state index is 12.4. The fourth-order valence-corrected chi connectivity index (χ4v) is 3.70. The van der Waals surface area contributed by atoms with E-state index in [0.29, 0.717) is 11.1 Å². The average Bonchev–Trinajstić information content (AvgIpc) is 2.75. The fourth-order valence-electron chi connectivity index (χ4n) is 3.70. The number of aromatic nitrogens is 1. The first-order chi connectivity index (χ1) is 14.1. The van der Waals surface area contributed by atoms with E-state index in [0.717, 1.165) is 42.3 Å². The van der Waals surface area contributed by atoms with Gasteiger partial charge in [-0.05, 0) is 74.2 Å². The Morgan fingerprint density at radius 3 is 2.41 bits per heavy atom. The van der Waals surface area contributed by atoms with Crippen LogP contribution in [-0.2, 0) is 0 Å². The van der Waals surface area contributed by atoms with Gasteiger partial charge in [0, 0.05) is 28.8 Å². The number of ether oxygens (including phenoxy) is 1. The van der Waals surface area contributed by atoms with Gasteiger partial charge in [-0.3, -0.25) is 14.6 Å². The number of hydrogen-bond acceptors (Lipinski definition) is 4. The van der Waals surface area contributed by atoms with Gasteiger partial charge in [0.2, 0.25) is 5.91 Å². The highest BCUT2D eigenvalue weighted by Gasteiger charge is 2.24. The van der Waals surface area contributed by atoms with Crippen LogP contribution in [0.1, 0.15) is 46.4 Å². The van der Waals surface area contributed by atoms with Crippen molar-refractivity contribution in [3.05, 3.63) is 71.9 Å². The Balaban J connectivity index is 1.29. The average molecular weight is 389 g/mol. The van der Waals surface area contributed by atoms with Crippen molar-refractivity contribution in [1.82, 2.24) is 10.3 Å². The number of rotatable bonds is 5. The number of benzene rings is 2. The minimum Gasteiger partial charge on any atom is -0.490 e. The second-order valence-electron chi connectivity index (χ2n) is 7.36. The second-order valence-corrected chi connectivity index (χ2v) is 7.36. The zero-order valence-corrected chi connectivity index (χ0v) is 16.0. The molecule has 0 bridgehead atoms. The van der Waals surface area contributed by atoms with E-state index in [1.54, 1.807) is 30.5 Å². The van der Waals surface area contributed by atoms with Crippen molar-refractivity contribution < 1.29 is 14.3 Å². The Labute approximate surface area is 169 Å². The summed E-state index contributed by atoms with van der Waals surface area (Å²) in [5.74, 6) is 0.220. The van der Waals surface area contributed by atoms with Crippen LogP contribution in [-0.4, -0.2) is 28.9 Å². The van der Waals surface area contributed by atoms with Crippen LogP contribution in [0, 0.1) is 0 Å². The molecule has 29 heavy (non-hydrogen) atoms. The van der Waals surface area contributed by atoms with Gasteiger partial charge in [0.05, 0.1) is 11.6 Å². The molecule has 2 amide bonds. The van der Waals surface area contributed by atoms with E-state index in [-0.39, 0.29) is 18.1 Å². The third kappa shape index (κ3) is 4.54. The van der Waals surface area contributed by atoms with E-state index in [1.807, 2.05) is 30.3 Å². The van der Waals surface area contributed by atoms with Gasteiger partial charge in [-0.25, -0.2) is 0 Å². The zero-order chi connectivity index (χ0) is 20.2. The number of fused-ring (bicyclic) bond motifs is 1. The molecule has 0 spiro atoms. The van der Waals surface area contributed by atoms with E-state index in [9.17, 15) is 9.59 Å². The van der Waals surface area contributed by atoms with E-state index in [4.69, 9.17) is 10.5 Å². The summed E-state index contributed by atoms with van der Waals surface area (Å²) in [4.78, 5) is 27.9. The number of nitrogens with two attached hydrogens (primary N) is 1. The van der Waals surface area contributed by atoms with Crippen LogP contribution in [0.5, 0.6) is 5.75 Å². The summed E-state index contributed by atoms with van der Waals surface area (Å²) in [5, 5.41) is 4.14. The predicted octanol–water partition coefficient (Wildman–Crippen LogP) is 3.45. The number of nitrogens with zero attached hydrogens (tertiary/aromatic N) is 1. The third-order valence-electron chi connectivity index (χ3n) is 5.32. The van der Waals surface area contributed by atoms with Crippen LogP contribution in [0.4, 0.5) is 0 Å². The van der Waals surface area contributed by atoms with Gasteiger partial charge in [-0.1, -0.05) is 6.07 Å². The fraction of sp³-hybridized carbons (Fsp3) is 0.261. The summed E-state index contributed by atoms with van der Waals surface area (Å²) < 4.78 is 6.15. The van der Waals surface area contributed by atoms with E-state index >= 15 is 0 Å². The minimum atomic E-state index is -0.502. The molecule has 148 valence electrons. The normalized spacial score (nSPS) is 18.9. The van der Waals surface area contributed by atoms with Gasteiger partial charge in [0.25, 0.3) is 5.91 Å². The minimum absolute atomic E-state index is 0.124. The van der Waals surface area contributed by atoms with Crippen molar-refractivity contribution >= 4 is 22.7 Å². The van der Waals surface area contributed by atoms with Crippen LogP contribution in [0.15, 0.2) is 60.8 Å². The lowest BCUT2D eigenvalue weighted by Crippen LogP contribution is -2.39. The molecule has 3 aromatic rings. The second kappa shape index (κ2) is 8.31. The van der Waals surface area contributed by atoms with Crippen LogP contribution in [0.25, 0.3) is 10.9 Å². The first-order valence-corrected chi connectivity index (χ1v) is 9.80. The number of carbonyl (C=O) groups is 2. The molecule has 0 saturated heterocycles. The maximum absolute atomic E-state index is 12.4. The molecule has 0 unspecified atom stereocenters. The van der Waals surface area contributed by atoms with Crippen molar-refractivity contribution in [3.8, 4) is 5.75 Å². The Kier molecular flexibility index (Phi) is 5.42. The van der Waals surface area contributed by atoms with Gasteiger partial charge in [-0.2, -0.15) is 0 Å². The number of pyridine rings is 1. The number of hydrogen-bond donors (Lipinski definition) is 2. The van der Waals surface area contributed by atoms with E-state index < -0.39 is 5.91 Å². The van der Waals surface area contributed by atoms with Crippen LogP contribution >= 0.6 is 0 Å². The molecule has 0 aliphatic heterocycles. The van der Waals surface area contributed by atoms with Crippen LogP contribution in [0.3, 0.4) is 0 Å². The molecular weight excluding hydrogens is 366 g/mol. The van der Waals surface area contributed by atoms with Crippen molar-refractivity contribution in [2.45, 2.75) is 37.8 Å². The van der Waals surface area contributed by atoms with Crippen LogP contribution < -0.4 is 15.8 Å². The summed E-state index contributed by atoms with van der Waals surface area (Å²) in [5.41, 5.74) is 7.10. The molecule has 1 heterocycles. The predicted molar refractivity (Wildman–Crippen MR) is 111 cm³/mol. The molecule has 0 atom stereocenters. The molecule has 0 radical (unpaired) electrons. The lowest BCUT2D eigenvalue weighted by Gasteiger charge is -2.29. The topological polar surface area (TPSA) is 94.3 Å². The molecule has 1 aliphatic carbocycles. The first kappa shape index (κ1) is 18.9. The molecule has 1 fully saturated rings. The SMILES string of the molecule is NC(=O)c1ccc(C(=O)NC2CCC(Oc3ccc4ncccc4c3)CC2)cc1. The highest BCUT2D eigenvalue weighted by Crippen LogP contribution is 2.26. The van der Waals surface area contributed by atoms with Crippen molar-refractivity contribution in [1.29, 1.82) is 0 Å². The van der Waals surface area contributed by atoms with Gasteiger partial charge >= 0.3 is 0 Å². The van der Waals surface area contributed by atoms with Gasteiger partial charge in [-0.15, -0.1) is 0 Å². The van der Waals surface area contributed by atoms with Gasteiger partial charge in [0.15, 0.2) is 0 Å². The highest BCUT2D eigenvalue weighted by molar-refractivity contribution is 5.97. The molecule has 1 saturated carbocycles. The molecule has 3 N–H and O–H groups in total. The monoisotopic (exact) mass is 389 g/mol. The number of nitrogens with one attached hydrogen (secondary N) is 1. The van der Waals surface area contributed by atoms with Crippen molar-refractivity contribution in [2.75, 3.05) is 0 Å². The Morgan fingerprint density at radius 1 is 0.966 bits per heavy atom. The molecular formula is C23H23N3O3. The number of amides is 2. The van der Waals surface area contributed by atoms with Gasteiger partial charge in [0.1, 0.15) is 5.75 Å². The largest absolute Gasteiger partial charge is 0.490 e. The lowest BCUT2D eigenvalue weighted by molar-refractivity contribution is 0.0893. The Hall–Kier alpha value is -3.41. The molecule has 6 nitrogen and oxygen atoms in total. The van der Waals surface area contributed by atoms with Crippen molar-refractivity contribution in [3.63, 3.8) is 0 Å². The lowest BCUT2D eigenvalue weighted by atomic mass is 9.92. The molecule has 1 aromatic heterocycles. The van der Waals surface area contributed by atoms with E-state index in [2.05, 4.69) is 10.3 Å². The molecule has 4 rings (SSSR count). The van der Waals surface area contributed by atoms with Gasteiger partial charge < -0.3 is 15.8 Å². The Morgan fingerprint density at radius 2 is 1.69 bits per heavy atom. The summed E-state index contributed by atoms with van der Waals surface area (Å²) in [6, 6.07) is 16.4. The molecule has 2 aromatic carbocycles. The standard InChI is InChI=1S/C23H23N3O3/c24-22(27)15-3-5-16(6-4-15)23(28)26-18-7-9-19(10-8-18)29-20-11-12-21-17(14-20)2-1-13-25-21/h1-6,11-14,18-19H,7-10H2,(H2,24,27)(H,26,28). The summed E-state index contributed by atoms with van der Waals surface area (Å²) in [7, 11) is 0. The molecule has 1 aliphatic rings. The summed E-state index contributed by atoms with van der Waals surface area (Å²) in [6.07, 6.45) is 5.43. The smallest absolute Gasteiger partial charge is 0.251 e. The summed E-state index contributed by atoms with van der Waals surface area (Å²) in [6.45, 7) is 0. The van der Waals surface area contributed by atoms with Crippen molar-refractivity contribution in [2.24, 2.45) is 5.73 Å².